The Morgan fingerprint density at radius 1 is 1.15 bits per heavy atom. The van der Waals surface area contributed by atoms with Gasteiger partial charge in [-0.15, -0.1) is 0 Å². The van der Waals surface area contributed by atoms with Gasteiger partial charge in [-0.3, -0.25) is 4.72 Å². The van der Waals surface area contributed by atoms with Crippen molar-refractivity contribution in [1.29, 1.82) is 5.26 Å². The minimum Gasteiger partial charge on any atom is -0.283 e. The van der Waals surface area contributed by atoms with E-state index in [1.54, 1.807) is 42.5 Å². The number of nitrogens with zero attached hydrogens (tertiary/aromatic N) is 1. The summed E-state index contributed by atoms with van der Waals surface area (Å²) in [6.45, 7) is 0. The molecular formula is C14H11ClN2O2S. The Labute approximate surface area is 122 Å². The van der Waals surface area contributed by atoms with Gasteiger partial charge in [0.05, 0.1) is 17.4 Å². The molecule has 2 rings (SSSR count). The number of nitrogens with one attached hydrogen (secondary N) is 1. The van der Waals surface area contributed by atoms with Gasteiger partial charge in [-0.1, -0.05) is 29.8 Å². The minimum absolute atomic E-state index is 0.161. The fraction of sp³-hybridized carbons (Fsp3) is 0.0714. The van der Waals surface area contributed by atoms with Crippen molar-refractivity contribution in [3.8, 4) is 6.07 Å². The van der Waals surface area contributed by atoms with Crippen LogP contribution in [-0.2, 0) is 15.8 Å². The Bertz CT molecular complexity index is 749. The van der Waals surface area contributed by atoms with Gasteiger partial charge in [-0.05, 0) is 35.9 Å². The molecule has 20 heavy (non-hydrogen) atoms. The van der Waals surface area contributed by atoms with Gasteiger partial charge in [0.2, 0.25) is 10.0 Å². The zero-order chi connectivity index (χ0) is 14.6. The first-order valence-corrected chi connectivity index (χ1v) is 7.77. The highest BCUT2D eigenvalue weighted by Gasteiger charge is 2.12. The summed E-state index contributed by atoms with van der Waals surface area (Å²) >= 11 is 5.80. The highest BCUT2D eigenvalue weighted by atomic mass is 35.5. The van der Waals surface area contributed by atoms with E-state index in [2.05, 4.69) is 4.72 Å². The monoisotopic (exact) mass is 306 g/mol. The molecule has 0 radical (unpaired) electrons. The maximum absolute atomic E-state index is 12.0. The Balaban J connectivity index is 2.13. The largest absolute Gasteiger partial charge is 0.283 e. The van der Waals surface area contributed by atoms with E-state index >= 15 is 0 Å². The van der Waals surface area contributed by atoms with Crippen LogP contribution in [0.3, 0.4) is 0 Å². The fourth-order valence-electron chi connectivity index (χ4n) is 1.66. The van der Waals surface area contributed by atoms with Gasteiger partial charge in [0.25, 0.3) is 0 Å². The molecule has 4 nitrogen and oxygen atoms in total. The molecule has 0 aliphatic rings. The Hall–Kier alpha value is -2.03. The lowest BCUT2D eigenvalue weighted by atomic mass is 10.2. The molecule has 2 aromatic rings. The van der Waals surface area contributed by atoms with Crippen LogP contribution in [0.15, 0.2) is 48.5 Å². The Kier molecular flexibility index (Phi) is 4.28. The summed E-state index contributed by atoms with van der Waals surface area (Å²) in [6, 6.07) is 14.9. The molecule has 2 aromatic carbocycles. The van der Waals surface area contributed by atoms with E-state index in [1.807, 2.05) is 6.07 Å². The highest BCUT2D eigenvalue weighted by Crippen LogP contribution is 2.17. The lowest BCUT2D eigenvalue weighted by molar-refractivity contribution is 0.600. The molecule has 0 spiro atoms. The van der Waals surface area contributed by atoms with E-state index in [-0.39, 0.29) is 5.75 Å². The standard InChI is InChI=1S/C14H11ClN2O2S/c15-13-2-1-3-14(8-13)17-20(18,19)10-12-6-4-11(9-16)5-7-12/h1-8,17H,10H2. The molecule has 102 valence electrons. The summed E-state index contributed by atoms with van der Waals surface area (Å²) in [7, 11) is -3.52. The SMILES string of the molecule is N#Cc1ccc(CS(=O)(=O)Nc2cccc(Cl)c2)cc1. The van der Waals surface area contributed by atoms with Crippen LogP contribution in [0, 0.1) is 11.3 Å². The zero-order valence-electron chi connectivity index (χ0n) is 10.4. The molecule has 6 heteroatoms. The van der Waals surface area contributed by atoms with Gasteiger partial charge in [-0.25, -0.2) is 8.42 Å². The smallest absolute Gasteiger partial charge is 0.236 e. The number of nitriles is 1. The first-order chi connectivity index (χ1) is 9.48. The summed E-state index contributed by atoms with van der Waals surface area (Å²) in [4.78, 5) is 0. The summed E-state index contributed by atoms with van der Waals surface area (Å²) in [5, 5.41) is 9.15. The van der Waals surface area contributed by atoms with Crippen molar-refractivity contribution >= 4 is 27.3 Å². The molecule has 0 aliphatic carbocycles. The summed E-state index contributed by atoms with van der Waals surface area (Å²) in [5.74, 6) is -0.161. The van der Waals surface area contributed by atoms with E-state index in [9.17, 15) is 8.42 Å². The van der Waals surface area contributed by atoms with E-state index in [4.69, 9.17) is 16.9 Å². The van der Waals surface area contributed by atoms with Crippen LogP contribution in [0.5, 0.6) is 0 Å². The predicted octanol–water partition coefficient (Wildman–Crippen LogP) is 3.15. The number of rotatable bonds is 4. The van der Waals surface area contributed by atoms with Crippen molar-refractivity contribution in [2.24, 2.45) is 0 Å². The number of anilines is 1. The van der Waals surface area contributed by atoms with Crippen molar-refractivity contribution in [3.63, 3.8) is 0 Å². The molecule has 0 heterocycles. The second kappa shape index (κ2) is 5.95. The minimum atomic E-state index is -3.52. The molecule has 0 aliphatic heterocycles. The van der Waals surface area contributed by atoms with Crippen LogP contribution in [0.1, 0.15) is 11.1 Å². The Morgan fingerprint density at radius 3 is 2.45 bits per heavy atom. The molecule has 0 bridgehead atoms. The third-order valence-corrected chi connectivity index (χ3v) is 4.03. The first kappa shape index (κ1) is 14.4. The molecule has 0 aromatic heterocycles. The molecule has 0 atom stereocenters. The first-order valence-electron chi connectivity index (χ1n) is 5.74. The molecule has 0 saturated carbocycles. The van der Waals surface area contributed by atoms with Gasteiger partial charge < -0.3 is 0 Å². The second-order valence-corrected chi connectivity index (χ2v) is 6.34. The van der Waals surface area contributed by atoms with E-state index in [1.165, 1.54) is 6.07 Å². The van der Waals surface area contributed by atoms with E-state index < -0.39 is 10.0 Å². The van der Waals surface area contributed by atoms with Crippen molar-refractivity contribution in [3.05, 3.63) is 64.7 Å². The molecule has 0 saturated heterocycles. The number of hydrogen-bond donors (Lipinski definition) is 1. The molecular weight excluding hydrogens is 296 g/mol. The zero-order valence-corrected chi connectivity index (χ0v) is 11.9. The summed E-state index contributed by atoms with van der Waals surface area (Å²) in [5.41, 5.74) is 1.53. The second-order valence-electron chi connectivity index (χ2n) is 4.18. The maximum atomic E-state index is 12.0. The maximum Gasteiger partial charge on any atom is 0.236 e. The quantitative estimate of drug-likeness (QED) is 0.943. The fourth-order valence-corrected chi connectivity index (χ4v) is 3.04. The van der Waals surface area contributed by atoms with Gasteiger partial charge in [0.1, 0.15) is 0 Å². The number of halogens is 1. The van der Waals surface area contributed by atoms with E-state index in [0.29, 0.717) is 21.8 Å². The summed E-state index contributed by atoms with van der Waals surface area (Å²) in [6.07, 6.45) is 0. The number of benzene rings is 2. The number of sulfonamides is 1. The van der Waals surface area contributed by atoms with Crippen LogP contribution < -0.4 is 4.72 Å². The van der Waals surface area contributed by atoms with Crippen molar-refractivity contribution in [2.45, 2.75) is 5.75 Å². The normalized spacial score (nSPS) is 10.8. The van der Waals surface area contributed by atoms with Gasteiger partial charge in [-0.2, -0.15) is 5.26 Å². The van der Waals surface area contributed by atoms with Crippen LogP contribution in [0.25, 0.3) is 0 Å². The van der Waals surface area contributed by atoms with Crippen molar-refractivity contribution in [2.75, 3.05) is 4.72 Å². The van der Waals surface area contributed by atoms with Gasteiger partial charge >= 0.3 is 0 Å². The Morgan fingerprint density at radius 2 is 1.85 bits per heavy atom. The molecule has 0 amide bonds. The third-order valence-electron chi connectivity index (χ3n) is 2.54. The van der Waals surface area contributed by atoms with E-state index in [0.717, 1.165) is 0 Å². The number of hydrogen-bond acceptors (Lipinski definition) is 3. The van der Waals surface area contributed by atoms with Crippen LogP contribution in [-0.4, -0.2) is 8.42 Å². The highest BCUT2D eigenvalue weighted by molar-refractivity contribution is 7.91. The summed E-state index contributed by atoms with van der Waals surface area (Å²) < 4.78 is 26.5. The molecule has 1 N–H and O–H groups in total. The molecule has 0 fully saturated rings. The average molecular weight is 307 g/mol. The van der Waals surface area contributed by atoms with Gasteiger partial charge in [0.15, 0.2) is 0 Å². The van der Waals surface area contributed by atoms with Crippen molar-refractivity contribution < 1.29 is 8.42 Å². The topological polar surface area (TPSA) is 70.0 Å². The van der Waals surface area contributed by atoms with Crippen LogP contribution >= 0.6 is 11.6 Å². The van der Waals surface area contributed by atoms with Crippen molar-refractivity contribution in [1.82, 2.24) is 0 Å². The average Bonchev–Trinajstić information content (AvgIpc) is 2.38. The molecule has 0 unspecified atom stereocenters. The van der Waals surface area contributed by atoms with Gasteiger partial charge in [0, 0.05) is 10.7 Å². The predicted molar refractivity (Wildman–Crippen MR) is 78.9 cm³/mol. The van der Waals surface area contributed by atoms with Crippen LogP contribution in [0.2, 0.25) is 5.02 Å². The lowest BCUT2D eigenvalue weighted by Crippen LogP contribution is -2.15. The van der Waals surface area contributed by atoms with Crippen LogP contribution in [0.4, 0.5) is 5.69 Å². The lowest BCUT2D eigenvalue weighted by Gasteiger charge is -2.08. The third kappa shape index (κ3) is 3.98.